The van der Waals surface area contributed by atoms with Crippen LogP contribution in [0.25, 0.3) is 11.4 Å². The molecule has 0 amide bonds. The highest BCUT2D eigenvalue weighted by Gasteiger charge is 2.17. The predicted molar refractivity (Wildman–Crippen MR) is 86.4 cm³/mol. The molecule has 25 heavy (non-hydrogen) atoms. The summed E-state index contributed by atoms with van der Waals surface area (Å²) >= 11 is 5.78. The molecule has 1 aliphatic rings. The monoisotopic (exact) mass is 358 g/mol. The van der Waals surface area contributed by atoms with E-state index in [1.165, 1.54) is 0 Å². The van der Waals surface area contributed by atoms with Crippen molar-refractivity contribution in [3.05, 3.63) is 58.9 Å². The number of hydrogen-bond acceptors (Lipinski definition) is 7. The van der Waals surface area contributed by atoms with Crippen molar-refractivity contribution in [2.75, 3.05) is 6.79 Å². The van der Waals surface area contributed by atoms with Crippen LogP contribution in [0.4, 0.5) is 0 Å². The van der Waals surface area contributed by atoms with E-state index in [2.05, 4.69) is 10.1 Å². The molecule has 4 rings (SSSR count). The molecule has 3 aromatic rings. The summed E-state index contributed by atoms with van der Waals surface area (Å²) in [4.78, 5) is 16.2. The average Bonchev–Trinajstić information content (AvgIpc) is 3.28. The van der Waals surface area contributed by atoms with Crippen LogP contribution in [-0.4, -0.2) is 22.9 Å². The Morgan fingerprint density at radius 3 is 2.76 bits per heavy atom. The second kappa shape index (κ2) is 6.45. The first-order valence-electron chi connectivity index (χ1n) is 7.34. The van der Waals surface area contributed by atoms with E-state index >= 15 is 0 Å². The molecule has 1 aromatic heterocycles. The number of fused-ring (bicyclic) bond motifs is 1. The lowest BCUT2D eigenvalue weighted by molar-refractivity contribution is 0.0430. The van der Waals surface area contributed by atoms with Gasteiger partial charge in [-0.05, 0) is 42.5 Å². The smallest absolute Gasteiger partial charge is 0.338 e. The SMILES string of the molecule is O=C(OCc1nc(-c2ccc3c(c2)OCO3)no1)c1ccc(Cl)cc1. The molecular formula is C17H11ClN2O5. The molecular weight excluding hydrogens is 348 g/mol. The van der Waals surface area contributed by atoms with Crippen LogP contribution in [0.15, 0.2) is 47.0 Å². The minimum absolute atomic E-state index is 0.126. The molecule has 0 bridgehead atoms. The van der Waals surface area contributed by atoms with Gasteiger partial charge < -0.3 is 18.7 Å². The van der Waals surface area contributed by atoms with Crippen LogP contribution in [0.2, 0.25) is 5.02 Å². The maximum Gasteiger partial charge on any atom is 0.338 e. The van der Waals surface area contributed by atoms with E-state index < -0.39 is 5.97 Å². The summed E-state index contributed by atoms with van der Waals surface area (Å²) in [6.07, 6.45) is 0. The largest absolute Gasteiger partial charge is 0.454 e. The fraction of sp³-hybridized carbons (Fsp3) is 0.118. The predicted octanol–water partition coefficient (Wildman–Crippen LogP) is 3.48. The molecule has 1 aliphatic heterocycles. The van der Waals surface area contributed by atoms with Gasteiger partial charge in [-0.2, -0.15) is 4.98 Å². The van der Waals surface area contributed by atoms with Crippen LogP contribution in [0.5, 0.6) is 11.5 Å². The van der Waals surface area contributed by atoms with Crippen LogP contribution in [0.1, 0.15) is 16.2 Å². The summed E-state index contributed by atoms with van der Waals surface area (Å²) in [7, 11) is 0. The number of hydrogen-bond donors (Lipinski definition) is 0. The highest BCUT2D eigenvalue weighted by Crippen LogP contribution is 2.35. The van der Waals surface area contributed by atoms with Gasteiger partial charge in [0.25, 0.3) is 5.89 Å². The quantitative estimate of drug-likeness (QED) is 0.660. The number of halogens is 1. The first-order chi connectivity index (χ1) is 12.2. The first-order valence-corrected chi connectivity index (χ1v) is 7.72. The summed E-state index contributed by atoms with van der Waals surface area (Å²) in [5.41, 5.74) is 1.10. The van der Waals surface area contributed by atoms with Crippen molar-refractivity contribution in [1.29, 1.82) is 0 Å². The van der Waals surface area contributed by atoms with Crippen molar-refractivity contribution in [2.24, 2.45) is 0 Å². The van der Waals surface area contributed by atoms with Gasteiger partial charge in [-0.1, -0.05) is 16.8 Å². The van der Waals surface area contributed by atoms with Gasteiger partial charge in [0.05, 0.1) is 5.56 Å². The number of ether oxygens (including phenoxy) is 3. The lowest BCUT2D eigenvalue weighted by Crippen LogP contribution is -2.05. The minimum Gasteiger partial charge on any atom is -0.454 e. The molecule has 0 saturated heterocycles. The number of carbonyl (C=O) groups excluding carboxylic acids is 1. The molecule has 0 atom stereocenters. The molecule has 126 valence electrons. The van der Waals surface area contributed by atoms with Crippen LogP contribution in [0, 0.1) is 0 Å². The molecule has 2 heterocycles. The highest BCUT2D eigenvalue weighted by atomic mass is 35.5. The number of aromatic nitrogens is 2. The molecule has 0 saturated carbocycles. The van der Waals surface area contributed by atoms with Gasteiger partial charge >= 0.3 is 5.97 Å². The Bertz CT molecular complexity index is 923. The lowest BCUT2D eigenvalue weighted by atomic mass is 10.2. The molecule has 7 nitrogen and oxygen atoms in total. The van der Waals surface area contributed by atoms with Gasteiger partial charge in [-0.3, -0.25) is 0 Å². The Hall–Kier alpha value is -3.06. The van der Waals surface area contributed by atoms with Gasteiger partial charge in [0.1, 0.15) is 0 Å². The highest BCUT2D eigenvalue weighted by molar-refractivity contribution is 6.30. The molecule has 0 N–H and O–H groups in total. The van der Waals surface area contributed by atoms with E-state index in [4.69, 9.17) is 30.3 Å². The normalized spacial score (nSPS) is 12.2. The molecule has 0 spiro atoms. The van der Waals surface area contributed by atoms with Crippen molar-refractivity contribution in [1.82, 2.24) is 10.1 Å². The van der Waals surface area contributed by atoms with Crippen LogP contribution >= 0.6 is 11.6 Å². The standard InChI is InChI=1S/C17H11ClN2O5/c18-12-4-1-10(2-5-12)17(21)22-8-15-19-16(20-25-15)11-3-6-13-14(7-11)24-9-23-13/h1-7H,8-9H2. The van der Waals surface area contributed by atoms with Gasteiger partial charge in [0.15, 0.2) is 18.1 Å². The summed E-state index contributed by atoms with van der Waals surface area (Å²) in [6, 6.07) is 11.7. The minimum atomic E-state index is -0.500. The zero-order valence-corrected chi connectivity index (χ0v) is 13.5. The second-order valence-electron chi connectivity index (χ2n) is 5.16. The average molecular weight is 359 g/mol. The van der Waals surface area contributed by atoms with Crippen molar-refractivity contribution in [3.8, 4) is 22.9 Å². The van der Waals surface area contributed by atoms with Gasteiger partial charge in [0.2, 0.25) is 12.6 Å². The maximum absolute atomic E-state index is 11.9. The Labute approximate surface area is 147 Å². The van der Waals surface area contributed by atoms with Crippen molar-refractivity contribution in [2.45, 2.75) is 6.61 Å². The Balaban J connectivity index is 1.43. The lowest BCUT2D eigenvalue weighted by Gasteiger charge is -2.01. The van der Waals surface area contributed by atoms with Crippen molar-refractivity contribution >= 4 is 17.6 Å². The van der Waals surface area contributed by atoms with E-state index in [1.54, 1.807) is 42.5 Å². The fourth-order valence-electron chi connectivity index (χ4n) is 2.26. The van der Waals surface area contributed by atoms with E-state index in [1.807, 2.05) is 0 Å². The number of benzene rings is 2. The third kappa shape index (κ3) is 3.27. The molecule has 0 aliphatic carbocycles. The van der Waals surface area contributed by atoms with Crippen LogP contribution in [-0.2, 0) is 11.3 Å². The van der Waals surface area contributed by atoms with E-state index in [0.717, 1.165) is 0 Å². The van der Waals surface area contributed by atoms with Crippen LogP contribution < -0.4 is 9.47 Å². The van der Waals surface area contributed by atoms with E-state index in [-0.39, 0.29) is 19.3 Å². The second-order valence-corrected chi connectivity index (χ2v) is 5.60. The Morgan fingerprint density at radius 1 is 1.12 bits per heavy atom. The van der Waals surface area contributed by atoms with Crippen molar-refractivity contribution < 1.29 is 23.5 Å². The number of carbonyl (C=O) groups is 1. The van der Waals surface area contributed by atoms with Gasteiger partial charge in [0, 0.05) is 10.6 Å². The molecule has 0 fully saturated rings. The molecule has 0 unspecified atom stereocenters. The van der Waals surface area contributed by atoms with Crippen molar-refractivity contribution in [3.63, 3.8) is 0 Å². The Kier molecular flexibility index (Phi) is 3.99. The third-order valence-electron chi connectivity index (χ3n) is 3.51. The number of rotatable bonds is 4. The van der Waals surface area contributed by atoms with Crippen LogP contribution in [0.3, 0.4) is 0 Å². The molecule has 8 heteroatoms. The topological polar surface area (TPSA) is 83.7 Å². The summed E-state index contributed by atoms with van der Waals surface area (Å²) in [6.45, 7) is 0.0654. The zero-order chi connectivity index (χ0) is 17.2. The maximum atomic E-state index is 11.9. The van der Waals surface area contributed by atoms with Gasteiger partial charge in [-0.15, -0.1) is 0 Å². The van der Waals surface area contributed by atoms with Gasteiger partial charge in [-0.25, -0.2) is 4.79 Å². The van der Waals surface area contributed by atoms with E-state index in [9.17, 15) is 4.79 Å². The first kappa shape index (κ1) is 15.5. The summed E-state index contributed by atoms with van der Waals surface area (Å²) in [5.74, 6) is 1.35. The fourth-order valence-corrected chi connectivity index (χ4v) is 2.39. The zero-order valence-electron chi connectivity index (χ0n) is 12.8. The van der Waals surface area contributed by atoms with E-state index in [0.29, 0.717) is 33.5 Å². The molecule has 2 aromatic carbocycles. The number of esters is 1. The third-order valence-corrected chi connectivity index (χ3v) is 3.76. The Morgan fingerprint density at radius 2 is 1.92 bits per heavy atom. The summed E-state index contributed by atoms with van der Waals surface area (Å²) < 4.78 is 20.8. The number of nitrogens with zero attached hydrogens (tertiary/aromatic N) is 2. The summed E-state index contributed by atoms with van der Waals surface area (Å²) in [5, 5.41) is 4.43. The molecule has 0 radical (unpaired) electrons.